The maximum atomic E-state index is 14.9. The second kappa shape index (κ2) is 9.47. The molecule has 3 unspecified atom stereocenters. The highest BCUT2D eigenvalue weighted by molar-refractivity contribution is 7.66. The fourth-order valence-corrected chi connectivity index (χ4v) is 6.02. The van der Waals surface area contributed by atoms with Crippen LogP contribution in [0.25, 0.3) is 0 Å². The van der Waals surface area contributed by atoms with Crippen LogP contribution in [0, 0.1) is 5.92 Å². The highest BCUT2D eigenvalue weighted by Crippen LogP contribution is 2.66. The smallest absolute Gasteiger partial charge is 0.387 e. The van der Waals surface area contributed by atoms with Gasteiger partial charge in [0.05, 0.1) is 6.61 Å². The summed E-state index contributed by atoms with van der Waals surface area (Å²) in [6, 6.07) is 0. The maximum absolute atomic E-state index is 14.9. The number of halogens is 1. The third-order valence-corrected chi connectivity index (χ3v) is 8.29. The van der Waals surface area contributed by atoms with Gasteiger partial charge in [-0.3, -0.25) is 4.52 Å². The molecule has 0 aromatic heterocycles. The predicted octanol–water partition coefficient (Wildman–Crippen LogP) is -0.758. The minimum atomic E-state index is -5.77. The minimum Gasteiger partial charge on any atom is -0.387 e. The zero-order valence-corrected chi connectivity index (χ0v) is 19.2. The predicted molar refractivity (Wildman–Crippen MR) is 102 cm³/mol. The van der Waals surface area contributed by atoms with Gasteiger partial charge in [0, 0.05) is 6.20 Å². The van der Waals surface area contributed by atoms with E-state index in [4.69, 9.17) is 20.3 Å². The largest absolute Gasteiger partial charge is 0.490 e. The summed E-state index contributed by atoms with van der Waals surface area (Å²) in [5, 5.41) is 20.5. The van der Waals surface area contributed by atoms with Crippen LogP contribution in [-0.4, -0.2) is 77.6 Å². The zero-order chi connectivity index (χ0) is 24.7. The summed E-state index contributed by atoms with van der Waals surface area (Å²) in [5.74, 6) is -0.877. The van der Waals surface area contributed by atoms with E-state index in [0.29, 0.717) is 0 Å². The van der Waals surface area contributed by atoms with Gasteiger partial charge in [-0.1, -0.05) is 13.8 Å². The molecule has 8 N–H and O–H groups in total. The van der Waals surface area contributed by atoms with E-state index < -0.39 is 66.4 Å². The summed E-state index contributed by atoms with van der Waals surface area (Å²) < 4.78 is 66.4. The van der Waals surface area contributed by atoms with Crippen LogP contribution in [-0.2, 0) is 31.6 Å². The molecular weight excluding hydrogens is 506 g/mol. The van der Waals surface area contributed by atoms with Crippen molar-refractivity contribution in [3.8, 4) is 0 Å². The normalized spacial score (nSPS) is 34.9. The number of phosphoric ester groups is 1. The van der Waals surface area contributed by atoms with Crippen LogP contribution in [0.5, 0.6) is 0 Å². The topological polar surface area (TPSA) is 251 Å². The van der Waals surface area contributed by atoms with Crippen LogP contribution in [0.3, 0.4) is 0 Å². The van der Waals surface area contributed by atoms with E-state index >= 15 is 0 Å². The Bertz CT molecular complexity index is 912. The second-order valence-corrected chi connectivity index (χ2v) is 11.5. The third-order valence-electron chi connectivity index (χ3n) is 4.50. The lowest BCUT2D eigenvalue weighted by atomic mass is 9.85. The molecule has 16 nitrogen and oxygen atoms in total. The lowest BCUT2D eigenvalue weighted by Gasteiger charge is -2.37. The van der Waals surface area contributed by atoms with E-state index in [1.165, 1.54) is 19.9 Å². The number of amidine groups is 1. The van der Waals surface area contributed by atoms with Crippen LogP contribution in [0.15, 0.2) is 17.3 Å². The van der Waals surface area contributed by atoms with Gasteiger partial charge in [0.1, 0.15) is 17.5 Å². The van der Waals surface area contributed by atoms with E-state index in [1.807, 2.05) is 0 Å². The second-order valence-electron chi connectivity index (χ2n) is 7.04. The molecule has 0 amide bonds. The van der Waals surface area contributed by atoms with Crippen molar-refractivity contribution in [3.05, 3.63) is 12.3 Å². The Balaban J connectivity index is 2.20. The summed E-state index contributed by atoms with van der Waals surface area (Å²) >= 11 is 0. The van der Waals surface area contributed by atoms with Gasteiger partial charge < -0.3 is 45.2 Å². The molecule has 7 atom stereocenters. The molecule has 2 heterocycles. The van der Waals surface area contributed by atoms with E-state index in [-0.39, 0.29) is 5.84 Å². The van der Waals surface area contributed by atoms with Crippen LogP contribution in [0.4, 0.5) is 4.39 Å². The fraction of sp³-hybridized carbons (Fsp3) is 0.750. The SMILES string of the molecule is CC(C)[C@]1(COP(=O)(O)OP(=O)(O)OP(=O)(O)O)O[C@@H](N2C=CC(N)=NC2O)[C@@H](F)[C@@H]1O. The Morgan fingerprint density at radius 3 is 2.31 bits per heavy atom. The number of aliphatic hydroxyl groups excluding tert-OH is 2. The summed E-state index contributed by atoms with van der Waals surface area (Å²) in [4.78, 5) is 40.4. The molecule has 0 bridgehead atoms. The van der Waals surface area contributed by atoms with Gasteiger partial charge in [-0.25, -0.2) is 23.1 Å². The average Bonchev–Trinajstić information content (AvgIpc) is 2.83. The zero-order valence-electron chi connectivity index (χ0n) is 16.5. The number of nitrogens with two attached hydrogens (primary N) is 1. The molecule has 0 spiro atoms. The third kappa shape index (κ3) is 6.42. The van der Waals surface area contributed by atoms with E-state index in [2.05, 4.69) is 18.1 Å². The lowest BCUT2D eigenvalue weighted by molar-refractivity contribution is -0.178. The minimum absolute atomic E-state index is 0.0644. The number of nitrogens with zero attached hydrogens (tertiary/aromatic N) is 2. The van der Waals surface area contributed by atoms with Crippen molar-refractivity contribution in [2.45, 2.75) is 44.3 Å². The number of phosphoric acid groups is 3. The Morgan fingerprint density at radius 2 is 1.81 bits per heavy atom. The molecule has 0 aromatic carbocycles. The molecule has 0 aliphatic carbocycles. The number of hydrogen-bond acceptors (Lipinski definition) is 12. The summed E-state index contributed by atoms with van der Waals surface area (Å²) in [7, 11) is -16.9. The van der Waals surface area contributed by atoms with E-state index in [0.717, 1.165) is 11.1 Å². The molecule has 1 saturated heterocycles. The highest BCUT2D eigenvalue weighted by Gasteiger charge is 2.60. The molecule has 20 heteroatoms. The van der Waals surface area contributed by atoms with Crippen LogP contribution in [0.2, 0.25) is 0 Å². The standard InChI is InChI=1S/C12H23FN3O13P3/c1-6(2)12(5-26-31(22,23)29-32(24,25)28-30(19,20)21)9(17)8(13)10(27-12)16-4-3-7(14)15-11(16)18/h3-4,6,8-11,17-18H,5H2,1-2H3,(H2,14,15)(H,22,23)(H,24,25)(H2,19,20,21)/t8-,9-,10+,11?,12-/m0/s1. The van der Waals surface area contributed by atoms with E-state index in [1.54, 1.807) is 0 Å². The molecule has 0 radical (unpaired) electrons. The van der Waals surface area contributed by atoms with Crippen LogP contribution >= 0.6 is 23.5 Å². The Morgan fingerprint density at radius 1 is 1.22 bits per heavy atom. The van der Waals surface area contributed by atoms with Crippen molar-refractivity contribution < 1.29 is 65.8 Å². The van der Waals surface area contributed by atoms with Crippen molar-refractivity contribution in [3.63, 3.8) is 0 Å². The lowest BCUT2D eigenvalue weighted by Crippen LogP contribution is -2.50. The summed E-state index contributed by atoms with van der Waals surface area (Å²) in [6.07, 6.45) is -5.15. The molecule has 186 valence electrons. The van der Waals surface area contributed by atoms with Crippen molar-refractivity contribution >= 4 is 29.3 Å². The van der Waals surface area contributed by atoms with Crippen molar-refractivity contribution in [1.29, 1.82) is 0 Å². The molecule has 2 aliphatic heterocycles. The number of aliphatic imine (C=N–C) groups is 1. The molecule has 32 heavy (non-hydrogen) atoms. The van der Waals surface area contributed by atoms with Gasteiger partial charge in [-0.05, 0) is 12.0 Å². The first kappa shape index (κ1) is 27.5. The molecule has 0 saturated carbocycles. The van der Waals surface area contributed by atoms with E-state index in [9.17, 15) is 38.1 Å². The highest BCUT2D eigenvalue weighted by atomic mass is 31.3. The first-order valence-electron chi connectivity index (χ1n) is 8.64. The maximum Gasteiger partial charge on any atom is 0.490 e. The Labute approximate surface area is 180 Å². The average molecular weight is 529 g/mol. The van der Waals surface area contributed by atoms with Gasteiger partial charge in [-0.15, -0.1) is 0 Å². The number of aliphatic hydroxyl groups is 2. The number of alkyl halides is 1. The first-order chi connectivity index (χ1) is 14.4. The first-order valence-corrected chi connectivity index (χ1v) is 13.2. The van der Waals surface area contributed by atoms with Crippen LogP contribution < -0.4 is 5.73 Å². The monoisotopic (exact) mass is 529 g/mol. The number of hydrogen-bond donors (Lipinski definition) is 7. The quantitative estimate of drug-likeness (QED) is 0.181. The molecule has 0 aromatic rings. The van der Waals surface area contributed by atoms with Crippen molar-refractivity contribution in [2.24, 2.45) is 16.6 Å². The van der Waals surface area contributed by atoms with Gasteiger partial charge >= 0.3 is 23.5 Å². The molecule has 1 fully saturated rings. The molecule has 2 rings (SSSR count). The number of rotatable bonds is 9. The molecule has 2 aliphatic rings. The van der Waals surface area contributed by atoms with Gasteiger partial charge in [0.15, 0.2) is 12.4 Å². The number of ether oxygens (including phenoxy) is 1. The van der Waals surface area contributed by atoms with Gasteiger partial charge in [0.2, 0.25) is 6.35 Å². The fourth-order valence-electron chi connectivity index (χ4n) is 2.96. The van der Waals surface area contributed by atoms with Crippen LogP contribution in [0.1, 0.15) is 13.8 Å². The summed E-state index contributed by atoms with van der Waals surface area (Å²) in [6.45, 7) is 1.76. The Kier molecular flexibility index (Phi) is 8.13. The van der Waals surface area contributed by atoms with Crippen molar-refractivity contribution in [2.75, 3.05) is 6.61 Å². The molecular formula is C12H23FN3O13P3. The summed E-state index contributed by atoms with van der Waals surface area (Å²) in [5.41, 5.74) is 3.39. The van der Waals surface area contributed by atoms with Crippen molar-refractivity contribution in [1.82, 2.24) is 4.90 Å². The van der Waals surface area contributed by atoms with Gasteiger partial charge in [0.25, 0.3) is 0 Å². The van der Waals surface area contributed by atoms with Gasteiger partial charge in [-0.2, -0.15) is 8.62 Å². The Hall–Kier alpha value is -0.770.